The van der Waals surface area contributed by atoms with Gasteiger partial charge in [0.1, 0.15) is 17.1 Å². The van der Waals surface area contributed by atoms with Crippen LogP contribution in [0, 0.1) is 0 Å². The molecule has 184 valence electrons. The van der Waals surface area contributed by atoms with Crippen LogP contribution in [0.2, 0.25) is 5.02 Å². The fourth-order valence-corrected chi connectivity index (χ4v) is 4.22. The number of likely N-dealkylation sites (tertiary alicyclic amines) is 1. The Balaban J connectivity index is 1.71. The highest BCUT2D eigenvalue weighted by Crippen LogP contribution is 2.38. The van der Waals surface area contributed by atoms with Crippen LogP contribution in [0.5, 0.6) is 11.5 Å². The van der Waals surface area contributed by atoms with Gasteiger partial charge in [0.25, 0.3) is 5.56 Å². The van der Waals surface area contributed by atoms with Gasteiger partial charge in [-0.1, -0.05) is 24.8 Å². The lowest BCUT2D eigenvalue weighted by Gasteiger charge is -2.40. The zero-order valence-electron chi connectivity index (χ0n) is 20.0. The van der Waals surface area contributed by atoms with E-state index in [9.17, 15) is 4.79 Å². The van der Waals surface area contributed by atoms with Gasteiger partial charge in [-0.15, -0.1) is 0 Å². The molecule has 0 aliphatic carbocycles. The standard InChI is InChI=1S/C25H28ClN5O4/c1-6-15(2)30-13-18(14-30)35-8-7-31-23-16(12-28-25(27-3)29-23)9-20(24(31)32)19-10-17(33-4)11-21(34-5)22(19)26/h6,9-12,18H,1-2,7-8,13-14H2,3-5H3,(H,27,28,29). The summed E-state index contributed by atoms with van der Waals surface area (Å²) < 4.78 is 18.4. The summed E-state index contributed by atoms with van der Waals surface area (Å²) in [6.07, 6.45) is 3.46. The smallest absolute Gasteiger partial charge is 0.260 e. The van der Waals surface area contributed by atoms with E-state index < -0.39 is 0 Å². The van der Waals surface area contributed by atoms with Crippen molar-refractivity contribution in [2.24, 2.45) is 0 Å². The highest BCUT2D eigenvalue weighted by Gasteiger charge is 2.27. The second-order valence-electron chi connectivity index (χ2n) is 8.02. The molecule has 9 nitrogen and oxygen atoms in total. The van der Waals surface area contributed by atoms with Gasteiger partial charge in [0.2, 0.25) is 5.95 Å². The molecule has 0 amide bonds. The molecule has 2 aromatic heterocycles. The van der Waals surface area contributed by atoms with Crippen molar-refractivity contribution in [1.82, 2.24) is 19.4 Å². The SMILES string of the molecule is C=CC(=C)N1CC(OCCn2c(=O)c(-c3cc(OC)cc(OC)c3Cl)cc3cnc(NC)nc32)C1. The molecule has 0 unspecified atom stereocenters. The van der Waals surface area contributed by atoms with Crippen molar-refractivity contribution < 1.29 is 14.2 Å². The number of nitrogens with zero attached hydrogens (tertiary/aromatic N) is 4. The molecule has 3 aromatic rings. The molecule has 1 saturated heterocycles. The number of allylic oxidation sites excluding steroid dienone is 1. The number of methoxy groups -OCH3 is 2. The Morgan fingerprint density at radius 2 is 2.03 bits per heavy atom. The van der Waals surface area contributed by atoms with E-state index in [-0.39, 0.29) is 11.7 Å². The Labute approximate surface area is 208 Å². The number of hydrogen-bond donors (Lipinski definition) is 1. The summed E-state index contributed by atoms with van der Waals surface area (Å²) in [5.74, 6) is 1.35. The minimum absolute atomic E-state index is 0.0661. The van der Waals surface area contributed by atoms with Crippen LogP contribution >= 0.6 is 11.6 Å². The quantitative estimate of drug-likeness (QED) is 0.425. The number of aromatic nitrogens is 3. The monoisotopic (exact) mass is 497 g/mol. The predicted octanol–water partition coefficient (Wildman–Crippen LogP) is 3.57. The van der Waals surface area contributed by atoms with Crippen LogP contribution in [0.1, 0.15) is 0 Å². The molecule has 1 aromatic carbocycles. The summed E-state index contributed by atoms with van der Waals surface area (Å²) in [4.78, 5) is 24.7. The Morgan fingerprint density at radius 1 is 1.26 bits per heavy atom. The molecule has 0 atom stereocenters. The molecule has 1 fully saturated rings. The van der Waals surface area contributed by atoms with E-state index >= 15 is 0 Å². The predicted molar refractivity (Wildman–Crippen MR) is 138 cm³/mol. The third-order valence-electron chi connectivity index (χ3n) is 5.97. The van der Waals surface area contributed by atoms with Crippen molar-refractivity contribution in [2.75, 3.05) is 46.3 Å². The van der Waals surface area contributed by atoms with Gasteiger partial charge in [0, 0.05) is 54.6 Å². The van der Waals surface area contributed by atoms with Gasteiger partial charge >= 0.3 is 0 Å². The lowest BCUT2D eigenvalue weighted by Crippen LogP contribution is -2.51. The molecule has 1 aliphatic heterocycles. The van der Waals surface area contributed by atoms with E-state index in [4.69, 9.17) is 25.8 Å². The van der Waals surface area contributed by atoms with Crippen molar-refractivity contribution in [3.8, 4) is 22.6 Å². The summed E-state index contributed by atoms with van der Waals surface area (Å²) in [5, 5.41) is 3.93. The second kappa shape index (κ2) is 10.4. The van der Waals surface area contributed by atoms with Crippen LogP contribution in [0.25, 0.3) is 22.2 Å². The third kappa shape index (κ3) is 4.82. The maximum atomic E-state index is 13.7. The minimum Gasteiger partial charge on any atom is -0.497 e. The zero-order chi connectivity index (χ0) is 25.1. The highest BCUT2D eigenvalue weighted by molar-refractivity contribution is 6.35. The van der Waals surface area contributed by atoms with Crippen molar-refractivity contribution in [2.45, 2.75) is 12.6 Å². The molecule has 0 radical (unpaired) electrons. The van der Waals surface area contributed by atoms with Gasteiger partial charge in [-0.3, -0.25) is 9.36 Å². The summed E-state index contributed by atoms with van der Waals surface area (Å²) in [6, 6.07) is 5.12. The van der Waals surface area contributed by atoms with Gasteiger partial charge in [-0.05, 0) is 18.2 Å². The third-order valence-corrected chi connectivity index (χ3v) is 6.36. The van der Waals surface area contributed by atoms with Gasteiger partial charge < -0.3 is 24.4 Å². The molecule has 35 heavy (non-hydrogen) atoms. The van der Waals surface area contributed by atoms with E-state index in [0.29, 0.717) is 57.8 Å². The van der Waals surface area contributed by atoms with Crippen LogP contribution in [-0.4, -0.2) is 66.5 Å². The molecular weight excluding hydrogens is 470 g/mol. The average Bonchev–Trinajstić information content (AvgIpc) is 2.85. The largest absolute Gasteiger partial charge is 0.497 e. The average molecular weight is 498 g/mol. The van der Waals surface area contributed by atoms with Crippen LogP contribution in [0.15, 0.2) is 54.1 Å². The number of fused-ring (bicyclic) bond motifs is 1. The molecule has 10 heteroatoms. The number of ether oxygens (including phenoxy) is 3. The number of pyridine rings is 1. The highest BCUT2D eigenvalue weighted by atomic mass is 35.5. The van der Waals surface area contributed by atoms with Gasteiger partial charge in [-0.25, -0.2) is 4.98 Å². The maximum Gasteiger partial charge on any atom is 0.260 e. The van der Waals surface area contributed by atoms with Crippen molar-refractivity contribution in [1.29, 1.82) is 0 Å². The first-order valence-corrected chi connectivity index (χ1v) is 11.5. The van der Waals surface area contributed by atoms with Gasteiger partial charge in [-0.2, -0.15) is 4.98 Å². The molecule has 3 heterocycles. The van der Waals surface area contributed by atoms with Crippen molar-refractivity contribution in [3.05, 3.63) is 64.7 Å². The van der Waals surface area contributed by atoms with E-state index in [0.717, 1.165) is 18.8 Å². The first-order valence-electron chi connectivity index (χ1n) is 11.1. The Morgan fingerprint density at radius 3 is 2.69 bits per heavy atom. The fraction of sp³-hybridized carbons (Fsp3) is 0.320. The number of benzene rings is 1. The van der Waals surface area contributed by atoms with Crippen LogP contribution < -0.4 is 20.3 Å². The topological polar surface area (TPSA) is 90.7 Å². The summed E-state index contributed by atoms with van der Waals surface area (Å²) in [6.45, 7) is 9.82. The Bertz CT molecular complexity index is 1330. The summed E-state index contributed by atoms with van der Waals surface area (Å²) in [7, 11) is 4.78. The second-order valence-corrected chi connectivity index (χ2v) is 8.40. The molecule has 4 rings (SSSR count). The minimum atomic E-state index is -0.255. The number of hydrogen-bond acceptors (Lipinski definition) is 8. The van der Waals surface area contributed by atoms with E-state index in [2.05, 4.69) is 33.3 Å². The molecule has 1 aliphatic rings. The molecule has 1 N–H and O–H groups in total. The van der Waals surface area contributed by atoms with Crippen molar-refractivity contribution >= 4 is 28.6 Å². The maximum absolute atomic E-state index is 13.7. The summed E-state index contributed by atoms with van der Waals surface area (Å²) >= 11 is 6.61. The molecule has 0 saturated carbocycles. The number of rotatable bonds is 10. The molecule has 0 bridgehead atoms. The molecular formula is C25H28ClN5O4. The van der Waals surface area contributed by atoms with E-state index in [1.54, 1.807) is 49.2 Å². The first-order chi connectivity index (χ1) is 16.9. The van der Waals surface area contributed by atoms with Crippen LogP contribution in [0.4, 0.5) is 5.95 Å². The lowest BCUT2D eigenvalue weighted by molar-refractivity contribution is -0.0403. The van der Waals surface area contributed by atoms with E-state index in [1.165, 1.54) is 7.11 Å². The zero-order valence-corrected chi connectivity index (χ0v) is 20.8. The van der Waals surface area contributed by atoms with Crippen LogP contribution in [0.3, 0.4) is 0 Å². The van der Waals surface area contributed by atoms with E-state index in [1.807, 2.05) is 0 Å². The fourth-order valence-electron chi connectivity index (χ4n) is 3.93. The Hall–Kier alpha value is -3.56. The normalized spacial score (nSPS) is 13.4. The number of anilines is 1. The summed E-state index contributed by atoms with van der Waals surface area (Å²) in [5.41, 5.74) is 2.01. The first kappa shape index (κ1) is 24.6. The van der Waals surface area contributed by atoms with Gasteiger partial charge in [0.05, 0.1) is 38.5 Å². The number of nitrogens with one attached hydrogen (secondary N) is 1. The lowest BCUT2D eigenvalue weighted by atomic mass is 10.0. The Kier molecular flexibility index (Phi) is 7.28. The van der Waals surface area contributed by atoms with Crippen molar-refractivity contribution in [3.63, 3.8) is 0 Å². The number of halogens is 1. The molecule has 0 spiro atoms. The van der Waals surface area contributed by atoms with Crippen LogP contribution in [-0.2, 0) is 11.3 Å². The van der Waals surface area contributed by atoms with Gasteiger partial charge in [0.15, 0.2) is 0 Å².